The number of amides is 3. The summed E-state index contributed by atoms with van der Waals surface area (Å²) in [6.45, 7) is 0.426. The molecule has 1 aliphatic heterocycles. The van der Waals surface area contributed by atoms with Crippen LogP contribution in [0.25, 0.3) is 17.1 Å². The number of hydrogen-bond donors (Lipinski definition) is 2. The summed E-state index contributed by atoms with van der Waals surface area (Å²) in [5.74, 6) is -0.997. The van der Waals surface area contributed by atoms with Crippen molar-refractivity contribution in [2.75, 3.05) is 6.54 Å². The fourth-order valence-corrected chi connectivity index (χ4v) is 4.01. The number of hydrazine groups is 1. The van der Waals surface area contributed by atoms with E-state index in [9.17, 15) is 14.4 Å². The first-order chi connectivity index (χ1) is 17.1. The molecule has 1 unspecified atom stereocenters. The molecule has 176 valence electrons. The van der Waals surface area contributed by atoms with Gasteiger partial charge in [-0.05, 0) is 37.1 Å². The predicted molar refractivity (Wildman–Crippen MR) is 125 cm³/mol. The molecule has 1 aliphatic rings. The highest BCUT2D eigenvalue weighted by Gasteiger charge is 2.36. The Hall–Kier alpha value is -4.73. The molecule has 2 aromatic carbocycles. The van der Waals surface area contributed by atoms with E-state index in [-0.39, 0.29) is 17.5 Å². The molecule has 1 saturated heterocycles. The number of furan rings is 1. The minimum atomic E-state index is -0.720. The van der Waals surface area contributed by atoms with E-state index in [4.69, 9.17) is 4.42 Å². The quantitative estimate of drug-likeness (QED) is 0.433. The average Bonchev–Trinajstić information content (AvgIpc) is 3.68. The second kappa shape index (κ2) is 9.64. The smallest absolute Gasteiger partial charge is 0.309 e. The van der Waals surface area contributed by atoms with Crippen LogP contribution in [0.15, 0.2) is 83.5 Å². The minimum Gasteiger partial charge on any atom is -0.459 e. The van der Waals surface area contributed by atoms with Crippen LogP contribution < -0.4 is 10.9 Å². The van der Waals surface area contributed by atoms with Gasteiger partial charge in [-0.15, -0.1) is 5.10 Å². The third-order valence-electron chi connectivity index (χ3n) is 5.69. The molecule has 0 spiro atoms. The van der Waals surface area contributed by atoms with E-state index in [0.717, 1.165) is 11.3 Å². The fraction of sp³-hybridized carbons (Fsp3) is 0.160. The lowest BCUT2D eigenvalue weighted by Crippen LogP contribution is -2.51. The second-order valence-corrected chi connectivity index (χ2v) is 7.95. The highest BCUT2D eigenvalue weighted by Crippen LogP contribution is 2.22. The molecule has 3 heterocycles. The first-order valence-electron chi connectivity index (χ1n) is 11.1. The van der Waals surface area contributed by atoms with Gasteiger partial charge in [-0.2, -0.15) is 0 Å². The maximum absolute atomic E-state index is 12.8. The van der Waals surface area contributed by atoms with E-state index in [1.807, 2.05) is 60.7 Å². The Kier molecular flexibility index (Phi) is 6.08. The number of benzene rings is 2. The summed E-state index contributed by atoms with van der Waals surface area (Å²) in [6.07, 6.45) is 2.55. The maximum Gasteiger partial charge on any atom is 0.309 e. The molecule has 4 aromatic rings. The summed E-state index contributed by atoms with van der Waals surface area (Å²) in [7, 11) is 0. The summed E-state index contributed by atoms with van der Waals surface area (Å²) in [5.41, 5.74) is 6.30. The number of carbonyl (C=O) groups excluding carboxylic acids is 3. The van der Waals surface area contributed by atoms with Crippen LogP contribution in [0.1, 0.15) is 34.0 Å². The van der Waals surface area contributed by atoms with Crippen LogP contribution in [-0.4, -0.2) is 50.0 Å². The third kappa shape index (κ3) is 4.54. The van der Waals surface area contributed by atoms with E-state index in [1.54, 1.807) is 16.8 Å². The zero-order valence-electron chi connectivity index (χ0n) is 18.6. The van der Waals surface area contributed by atoms with Crippen LogP contribution in [0, 0.1) is 0 Å². The van der Waals surface area contributed by atoms with E-state index >= 15 is 0 Å². The maximum atomic E-state index is 12.8. The summed E-state index contributed by atoms with van der Waals surface area (Å²) in [6, 6.07) is 21.1. The van der Waals surface area contributed by atoms with Gasteiger partial charge in [0.2, 0.25) is 5.82 Å². The molecular weight excluding hydrogens is 448 g/mol. The average molecular weight is 470 g/mol. The molecule has 1 atom stereocenters. The number of rotatable bonds is 5. The van der Waals surface area contributed by atoms with Crippen molar-refractivity contribution >= 4 is 17.7 Å². The molecule has 10 nitrogen and oxygen atoms in total. The van der Waals surface area contributed by atoms with Gasteiger partial charge in [0.15, 0.2) is 11.6 Å². The highest BCUT2D eigenvalue weighted by atomic mass is 16.3. The van der Waals surface area contributed by atoms with Crippen LogP contribution in [0.2, 0.25) is 0 Å². The standard InChI is InChI=1S/C25H22N6O4/c32-23(19-13-7-15-30(19)25(34)20-14-8-16-35-20)27-28-24(33)21-26-22(17-9-3-1-4-10-17)31(29-21)18-11-5-2-6-12-18/h1-6,8-12,14,16,19H,7,13,15H2,(H,27,32)(H,28,33). The molecule has 35 heavy (non-hydrogen) atoms. The third-order valence-corrected chi connectivity index (χ3v) is 5.69. The van der Waals surface area contributed by atoms with Crippen LogP contribution >= 0.6 is 0 Å². The van der Waals surface area contributed by atoms with Gasteiger partial charge in [0.1, 0.15) is 6.04 Å². The van der Waals surface area contributed by atoms with Gasteiger partial charge in [-0.3, -0.25) is 25.2 Å². The van der Waals surface area contributed by atoms with Crippen molar-refractivity contribution in [3.05, 3.63) is 90.6 Å². The predicted octanol–water partition coefficient (Wildman–Crippen LogP) is 2.59. The number of hydrogen-bond acceptors (Lipinski definition) is 6. The Balaban J connectivity index is 1.31. The molecule has 3 amide bonds. The lowest BCUT2D eigenvalue weighted by atomic mass is 10.2. The van der Waals surface area contributed by atoms with Gasteiger partial charge in [0, 0.05) is 12.1 Å². The number of nitrogens with zero attached hydrogens (tertiary/aromatic N) is 4. The largest absolute Gasteiger partial charge is 0.459 e. The van der Waals surface area contributed by atoms with Crippen molar-refractivity contribution in [2.24, 2.45) is 0 Å². The highest BCUT2D eigenvalue weighted by molar-refractivity contribution is 5.97. The van der Waals surface area contributed by atoms with Crippen molar-refractivity contribution in [1.82, 2.24) is 30.5 Å². The number of carbonyl (C=O) groups is 3. The second-order valence-electron chi connectivity index (χ2n) is 7.95. The van der Waals surface area contributed by atoms with Gasteiger partial charge in [-0.1, -0.05) is 48.5 Å². The first kappa shape index (κ1) is 22.1. The lowest BCUT2D eigenvalue weighted by molar-refractivity contribution is -0.125. The summed E-state index contributed by atoms with van der Waals surface area (Å²) in [4.78, 5) is 44.1. The number of aromatic nitrogens is 3. The van der Waals surface area contributed by atoms with Gasteiger partial charge in [0.05, 0.1) is 12.0 Å². The van der Waals surface area contributed by atoms with Crippen molar-refractivity contribution in [2.45, 2.75) is 18.9 Å². The monoisotopic (exact) mass is 470 g/mol. The normalized spacial score (nSPS) is 15.1. The van der Waals surface area contributed by atoms with Crippen molar-refractivity contribution in [1.29, 1.82) is 0 Å². The van der Waals surface area contributed by atoms with Crippen LogP contribution in [0.4, 0.5) is 0 Å². The summed E-state index contributed by atoms with van der Waals surface area (Å²) >= 11 is 0. The lowest BCUT2D eigenvalue weighted by Gasteiger charge is -2.22. The molecule has 0 radical (unpaired) electrons. The Labute approximate surface area is 200 Å². The van der Waals surface area contributed by atoms with E-state index in [0.29, 0.717) is 25.2 Å². The summed E-state index contributed by atoms with van der Waals surface area (Å²) < 4.78 is 6.74. The van der Waals surface area contributed by atoms with Gasteiger partial charge >= 0.3 is 5.91 Å². The Morgan fingerprint density at radius 2 is 1.66 bits per heavy atom. The van der Waals surface area contributed by atoms with E-state index < -0.39 is 17.9 Å². The van der Waals surface area contributed by atoms with Crippen LogP contribution in [0.5, 0.6) is 0 Å². The molecule has 2 N–H and O–H groups in total. The minimum absolute atomic E-state index is 0.108. The van der Waals surface area contributed by atoms with Crippen LogP contribution in [0.3, 0.4) is 0 Å². The summed E-state index contributed by atoms with van der Waals surface area (Å²) in [5, 5.41) is 4.37. The molecule has 1 fully saturated rings. The number of para-hydroxylation sites is 1. The Morgan fingerprint density at radius 3 is 2.37 bits per heavy atom. The van der Waals surface area contributed by atoms with Gasteiger partial charge in [-0.25, -0.2) is 9.67 Å². The van der Waals surface area contributed by atoms with Gasteiger partial charge in [0.25, 0.3) is 11.8 Å². The van der Waals surface area contributed by atoms with Crippen molar-refractivity contribution < 1.29 is 18.8 Å². The first-order valence-corrected chi connectivity index (χ1v) is 11.1. The number of likely N-dealkylation sites (tertiary alicyclic amines) is 1. The zero-order valence-corrected chi connectivity index (χ0v) is 18.6. The molecule has 0 aliphatic carbocycles. The van der Waals surface area contributed by atoms with Crippen molar-refractivity contribution in [3.63, 3.8) is 0 Å². The van der Waals surface area contributed by atoms with Crippen molar-refractivity contribution in [3.8, 4) is 17.1 Å². The van der Waals surface area contributed by atoms with E-state index in [2.05, 4.69) is 20.9 Å². The van der Waals surface area contributed by atoms with Gasteiger partial charge < -0.3 is 9.32 Å². The topological polar surface area (TPSA) is 122 Å². The molecule has 0 bridgehead atoms. The molecular formula is C25H22N6O4. The molecule has 5 rings (SSSR count). The molecule has 10 heteroatoms. The molecule has 2 aromatic heterocycles. The Bertz CT molecular complexity index is 1280. The Morgan fingerprint density at radius 1 is 0.914 bits per heavy atom. The zero-order chi connectivity index (χ0) is 24.2. The number of nitrogens with one attached hydrogen (secondary N) is 2. The molecule has 0 saturated carbocycles. The fourth-order valence-electron chi connectivity index (χ4n) is 4.01. The van der Waals surface area contributed by atoms with E-state index in [1.165, 1.54) is 11.2 Å². The SMILES string of the molecule is O=C(NNC(=O)C1CCCN1C(=O)c1ccco1)c1nc(-c2ccccc2)n(-c2ccccc2)n1. The van der Waals surface area contributed by atoms with Crippen LogP contribution in [-0.2, 0) is 4.79 Å².